The van der Waals surface area contributed by atoms with Crippen LogP contribution in [0.3, 0.4) is 0 Å². The van der Waals surface area contributed by atoms with Crippen molar-refractivity contribution in [3.8, 4) is 0 Å². The molecule has 1 heterocycles. The zero-order chi connectivity index (χ0) is 14.7. The number of nitrogen functional groups attached to an aromatic ring is 1. The second-order valence-corrected chi connectivity index (χ2v) is 5.40. The van der Waals surface area contributed by atoms with E-state index in [0.717, 1.165) is 32.6 Å². The Bertz CT molecular complexity index is 443. The van der Waals surface area contributed by atoms with E-state index in [9.17, 15) is 8.78 Å². The molecule has 0 bridgehead atoms. The molecule has 1 aliphatic heterocycles. The Labute approximate surface area is 119 Å². The van der Waals surface area contributed by atoms with Gasteiger partial charge in [-0.1, -0.05) is 6.92 Å². The van der Waals surface area contributed by atoms with E-state index in [4.69, 9.17) is 5.73 Å². The second kappa shape index (κ2) is 6.39. The van der Waals surface area contributed by atoms with Crippen LogP contribution in [0, 0.1) is 0 Å². The molecule has 2 rings (SSSR count). The summed E-state index contributed by atoms with van der Waals surface area (Å²) in [6.07, 6.45) is -1.37. The van der Waals surface area contributed by atoms with Crippen molar-refractivity contribution in [2.75, 3.05) is 36.8 Å². The van der Waals surface area contributed by atoms with Crippen LogP contribution in [0.2, 0.25) is 0 Å². The monoisotopic (exact) mass is 283 g/mol. The van der Waals surface area contributed by atoms with E-state index in [0.29, 0.717) is 17.4 Å². The largest absolute Gasteiger partial charge is 0.399 e. The van der Waals surface area contributed by atoms with Crippen LogP contribution in [0.15, 0.2) is 18.2 Å². The predicted octanol–water partition coefficient (Wildman–Crippen LogP) is 3.13. The molecule has 0 aliphatic carbocycles. The summed E-state index contributed by atoms with van der Waals surface area (Å²) in [6.45, 7) is 7.79. The molecule has 2 N–H and O–H groups in total. The average molecular weight is 283 g/mol. The average Bonchev–Trinajstić information content (AvgIpc) is 2.46. The minimum absolute atomic E-state index is 0.0435. The molecular weight excluding hydrogens is 260 g/mol. The highest BCUT2D eigenvalue weighted by Crippen LogP contribution is 2.32. The molecule has 0 amide bonds. The molecule has 1 aromatic carbocycles. The Hall–Kier alpha value is -1.36. The van der Waals surface area contributed by atoms with Crippen molar-refractivity contribution in [2.45, 2.75) is 32.7 Å². The second-order valence-electron chi connectivity index (χ2n) is 5.40. The minimum atomic E-state index is -2.49. The molecule has 20 heavy (non-hydrogen) atoms. The number of alkyl halides is 2. The van der Waals surface area contributed by atoms with Gasteiger partial charge in [0.1, 0.15) is 0 Å². The lowest BCUT2D eigenvalue weighted by molar-refractivity contribution is 0.151. The smallest absolute Gasteiger partial charge is 0.265 e. The lowest BCUT2D eigenvalue weighted by Gasteiger charge is -2.39. The normalized spacial score (nSPS) is 18.6. The number of anilines is 2. The van der Waals surface area contributed by atoms with Gasteiger partial charge in [0.05, 0.1) is 0 Å². The van der Waals surface area contributed by atoms with Crippen LogP contribution in [-0.2, 0) is 0 Å². The maximum atomic E-state index is 13.1. The van der Waals surface area contributed by atoms with Gasteiger partial charge in [-0.05, 0) is 31.5 Å². The van der Waals surface area contributed by atoms with Gasteiger partial charge >= 0.3 is 0 Å². The first-order valence-corrected chi connectivity index (χ1v) is 7.19. The van der Waals surface area contributed by atoms with E-state index in [1.807, 2.05) is 4.90 Å². The zero-order valence-electron chi connectivity index (χ0n) is 12.1. The van der Waals surface area contributed by atoms with E-state index in [2.05, 4.69) is 18.7 Å². The number of nitrogens with two attached hydrogens (primary N) is 1. The van der Waals surface area contributed by atoms with Crippen LogP contribution in [0.1, 0.15) is 32.3 Å². The predicted molar refractivity (Wildman–Crippen MR) is 79.4 cm³/mol. The molecule has 5 heteroatoms. The number of nitrogens with zero attached hydrogens (tertiary/aromatic N) is 2. The van der Waals surface area contributed by atoms with Crippen molar-refractivity contribution in [2.24, 2.45) is 0 Å². The fourth-order valence-electron chi connectivity index (χ4n) is 2.70. The number of hydrogen-bond donors (Lipinski definition) is 1. The van der Waals surface area contributed by atoms with Crippen LogP contribution in [0.5, 0.6) is 0 Å². The molecule has 1 aliphatic rings. The lowest BCUT2D eigenvalue weighted by Crippen LogP contribution is -2.49. The molecule has 1 unspecified atom stereocenters. The summed E-state index contributed by atoms with van der Waals surface area (Å²) in [6, 6.07) is 5.36. The molecule has 112 valence electrons. The first-order chi connectivity index (χ1) is 9.52. The molecule has 0 aromatic heterocycles. The molecule has 1 atom stereocenters. The highest BCUT2D eigenvalue weighted by molar-refractivity contribution is 5.60. The van der Waals surface area contributed by atoms with Crippen molar-refractivity contribution in [3.63, 3.8) is 0 Å². The Kier molecular flexibility index (Phi) is 4.81. The van der Waals surface area contributed by atoms with Crippen molar-refractivity contribution in [1.29, 1.82) is 0 Å². The van der Waals surface area contributed by atoms with Crippen molar-refractivity contribution in [3.05, 3.63) is 23.8 Å². The third-order valence-electron chi connectivity index (χ3n) is 4.16. The summed E-state index contributed by atoms with van der Waals surface area (Å²) in [7, 11) is 0. The van der Waals surface area contributed by atoms with Gasteiger partial charge in [-0.15, -0.1) is 0 Å². The van der Waals surface area contributed by atoms with E-state index < -0.39 is 6.43 Å². The van der Waals surface area contributed by atoms with Crippen molar-refractivity contribution >= 4 is 11.4 Å². The molecule has 1 fully saturated rings. The summed E-state index contributed by atoms with van der Waals surface area (Å²) in [5.41, 5.74) is 6.67. The number of piperazine rings is 1. The van der Waals surface area contributed by atoms with Gasteiger partial charge in [0.25, 0.3) is 6.43 Å². The third kappa shape index (κ3) is 3.20. The highest BCUT2D eigenvalue weighted by atomic mass is 19.3. The molecule has 0 spiro atoms. The first-order valence-electron chi connectivity index (χ1n) is 7.19. The van der Waals surface area contributed by atoms with Gasteiger partial charge in [0, 0.05) is 49.2 Å². The van der Waals surface area contributed by atoms with E-state index in [-0.39, 0.29) is 5.56 Å². The Morgan fingerprint density at radius 3 is 2.40 bits per heavy atom. The maximum absolute atomic E-state index is 13.1. The zero-order valence-corrected chi connectivity index (χ0v) is 12.1. The van der Waals surface area contributed by atoms with Gasteiger partial charge in [-0.3, -0.25) is 4.90 Å². The van der Waals surface area contributed by atoms with Crippen LogP contribution in [-0.4, -0.2) is 37.1 Å². The van der Waals surface area contributed by atoms with Crippen molar-refractivity contribution < 1.29 is 8.78 Å². The van der Waals surface area contributed by atoms with Gasteiger partial charge in [0.2, 0.25) is 0 Å². The summed E-state index contributed by atoms with van der Waals surface area (Å²) < 4.78 is 26.3. The van der Waals surface area contributed by atoms with Gasteiger partial charge in [0.15, 0.2) is 0 Å². The lowest BCUT2D eigenvalue weighted by atomic mass is 10.1. The molecule has 0 saturated carbocycles. The molecule has 1 saturated heterocycles. The van der Waals surface area contributed by atoms with Gasteiger partial charge < -0.3 is 10.6 Å². The fraction of sp³-hybridized carbons (Fsp3) is 0.600. The van der Waals surface area contributed by atoms with Crippen molar-refractivity contribution in [1.82, 2.24) is 4.90 Å². The number of hydrogen-bond acceptors (Lipinski definition) is 3. The molecule has 1 aromatic rings. The minimum Gasteiger partial charge on any atom is -0.399 e. The summed E-state index contributed by atoms with van der Waals surface area (Å²) >= 11 is 0. The topological polar surface area (TPSA) is 32.5 Å². The number of halogens is 2. The Balaban J connectivity index is 2.11. The quantitative estimate of drug-likeness (QED) is 0.862. The third-order valence-corrected chi connectivity index (χ3v) is 4.16. The fourth-order valence-corrected chi connectivity index (χ4v) is 2.70. The van der Waals surface area contributed by atoms with Crippen LogP contribution in [0.25, 0.3) is 0 Å². The number of rotatable bonds is 4. The summed E-state index contributed by atoms with van der Waals surface area (Å²) in [5.74, 6) is 0. The molecule has 0 radical (unpaired) electrons. The van der Waals surface area contributed by atoms with Crippen LogP contribution in [0.4, 0.5) is 20.2 Å². The van der Waals surface area contributed by atoms with Crippen LogP contribution >= 0.6 is 0 Å². The van der Waals surface area contributed by atoms with Gasteiger partial charge in [-0.2, -0.15) is 0 Å². The Morgan fingerprint density at radius 2 is 1.85 bits per heavy atom. The first kappa shape index (κ1) is 15.0. The standard InChI is InChI=1S/C15H23F2N3/c1-3-11(2)19-6-8-20(9-7-19)14-5-4-12(18)10-13(14)15(16)17/h4-5,10-11,15H,3,6-9,18H2,1-2H3. The van der Waals surface area contributed by atoms with Gasteiger partial charge in [-0.25, -0.2) is 8.78 Å². The highest BCUT2D eigenvalue weighted by Gasteiger charge is 2.23. The van der Waals surface area contributed by atoms with E-state index in [1.165, 1.54) is 6.07 Å². The summed E-state index contributed by atoms with van der Waals surface area (Å²) in [4.78, 5) is 4.45. The van der Waals surface area contributed by atoms with Crippen LogP contribution < -0.4 is 10.6 Å². The molecular formula is C15H23F2N3. The van der Waals surface area contributed by atoms with E-state index in [1.54, 1.807) is 12.1 Å². The van der Waals surface area contributed by atoms with E-state index >= 15 is 0 Å². The maximum Gasteiger partial charge on any atom is 0.265 e. The number of benzene rings is 1. The SMILES string of the molecule is CCC(C)N1CCN(c2ccc(N)cc2C(F)F)CC1. The molecule has 3 nitrogen and oxygen atoms in total. The Morgan fingerprint density at radius 1 is 1.20 bits per heavy atom. The summed E-state index contributed by atoms with van der Waals surface area (Å²) in [5, 5.41) is 0.